The molecule has 0 radical (unpaired) electrons. The number of allylic oxidation sites excluding steroid dienone is 4. The van der Waals surface area contributed by atoms with Crippen molar-refractivity contribution in [3.63, 3.8) is 0 Å². The molecule has 0 saturated heterocycles. The minimum absolute atomic E-state index is 0.134. The van der Waals surface area contributed by atoms with Crippen LogP contribution in [-0.2, 0) is 9.59 Å². The van der Waals surface area contributed by atoms with E-state index in [-0.39, 0.29) is 41.0 Å². The Labute approximate surface area is 301 Å². The Bertz CT molecular complexity index is 2260. The van der Waals surface area contributed by atoms with E-state index in [1.165, 1.54) is 0 Å². The highest BCUT2D eigenvalue weighted by Gasteiger charge is 2.47. The number of carbonyl (C=O) groups is 2. The molecule has 5 heterocycles. The zero-order valence-electron chi connectivity index (χ0n) is 30.0. The van der Waals surface area contributed by atoms with E-state index in [9.17, 15) is 9.59 Å². The molecule has 0 saturated carbocycles. The molecule has 0 spiro atoms. The minimum Gasteiger partial charge on any atom is -0.454 e. The third kappa shape index (κ3) is 4.91. The molecule has 4 aromatic rings. The molecule has 2 atom stereocenters. The first-order valence-electron chi connectivity index (χ1n) is 17.6. The number of Topliss-reactive ketones (excluding diaryl/α,β-unsaturated/α-hetero) is 2. The number of thioether (sulfide) groups is 1. The van der Waals surface area contributed by atoms with Crippen molar-refractivity contribution >= 4 is 40.7 Å². The molecule has 2 aliphatic carbocycles. The van der Waals surface area contributed by atoms with Gasteiger partial charge in [0, 0.05) is 80.3 Å². The number of hydrogen-bond acceptors (Lipinski definition) is 9. The molecule has 2 aromatic heterocycles. The van der Waals surface area contributed by atoms with Gasteiger partial charge >= 0.3 is 0 Å². The second-order valence-electron chi connectivity index (χ2n) is 16.2. The van der Waals surface area contributed by atoms with Crippen molar-refractivity contribution in [2.45, 2.75) is 84.0 Å². The minimum atomic E-state index is -0.299. The van der Waals surface area contributed by atoms with Crippen LogP contribution >= 0.6 is 11.8 Å². The molecule has 5 aliphatic rings. The van der Waals surface area contributed by atoms with Crippen LogP contribution in [0.1, 0.15) is 98.9 Å². The molecule has 51 heavy (non-hydrogen) atoms. The lowest BCUT2D eigenvalue weighted by atomic mass is 9.68. The van der Waals surface area contributed by atoms with Gasteiger partial charge in [0.15, 0.2) is 34.7 Å². The van der Waals surface area contributed by atoms with Crippen molar-refractivity contribution in [1.29, 1.82) is 0 Å². The number of rotatable bonds is 4. The Hall–Kier alpha value is -4.77. The van der Waals surface area contributed by atoms with E-state index >= 15 is 0 Å². The Morgan fingerprint density at radius 2 is 1.51 bits per heavy atom. The van der Waals surface area contributed by atoms with Crippen molar-refractivity contribution in [2.75, 3.05) is 23.3 Å². The first kappa shape index (κ1) is 32.2. The van der Waals surface area contributed by atoms with Crippen molar-refractivity contribution in [3.8, 4) is 11.5 Å². The molecule has 11 heteroatoms. The number of aromatic nitrogens is 4. The Kier molecular flexibility index (Phi) is 7.01. The number of benzene rings is 2. The van der Waals surface area contributed by atoms with E-state index in [1.807, 2.05) is 32.0 Å². The zero-order chi connectivity index (χ0) is 35.6. The number of fused-ring (bicyclic) bond motifs is 3. The van der Waals surface area contributed by atoms with Gasteiger partial charge in [-0.05, 0) is 79.2 Å². The van der Waals surface area contributed by atoms with Gasteiger partial charge in [-0.15, -0.1) is 11.8 Å². The van der Waals surface area contributed by atoms with Gasteiger partial charge < -0.3 is 14.8 Å². The van der Waals surface area contributed by atoms with E-state index in [2.05, 4.69) is 77.7 Å². The van der Waals surface area contributed by atoms with E-state index in [0.717, 1.165) is 84.8 Å². The van der Waals surface area contributed by atoms with Gasteiger partial charge in [0.2, 0.25) is 6.79 Å². The number of ether oxygens (including phenoxy) is 2. The summed E-state index contributed by atoms with van der Waals surface area (Å²) in [5.74, 6) is 2.77. The number of ketones is 2. The van der Waals surface area contributed by atoms with Crippen LogP contribution in [0.25, 0.3) is 0 Å². The summed E-state index contributed by atoms with van der Waals surface area (Å²) in [6.07, 6.45) is 4.55. The van der Waals surface area contributed by atoms with Crippen molar-refractivity contribution < 1.29 is 19.1 Å². The lowest BCUT2D eigenvalue weighted by Crippen LogP contribution is -2.38. The highest BCUT2D eigenvalue weighted by Crippen LogP contribution is 2.56. The SMILES string of the molecule is CSc1cc(N2C3=C(C(=O)CC(C)(C)C3)C(c3ccc4c(c3)OCO4)c3c2n[nH]c3C)ccc1C1C2=C(CC(C)(C)CC2=O)Nc2n[nH]c(C)c21. The highest BCUT2D eigenvalue weighted by atomic mass is 32.2. The summed E-state index contributed by atoms with van der Waals surface area (Å²) in [5.41, 5.74) is 10.1. The number of carbonyl (C=O) groups excluding carboxylic acids is 2. The van der Waals surface area contributed by atoms with Gasteiger partial charge in [0.05, 0.1) is 0 Å². The van der Waals surface area contributed by atoms with Crippen molar-refractivity contribution in [3.05, 3.63) is 92.6 Å². The summed E-state index contributed by atoms with van der Waals surface area (Å²) in [6.45, 7) is 12.9. The largest absolute Gasteiger partial charge is 0.454 e. The number of hydrogen-bond donors (Lipinski definition) is 3. The van der Waals surface area contributed by atoms with E-state index in [0.29, 0.717) is 30.8 Å². The van der Waals surface area contributed by atoms with E-state index < -0.39 is 0 Å². The van der Waals surface area contributed by atoms with Gasteiger partial charge in [-0.2, -0.15) is 10.2 Å². The average Bonchev–Trinajstić information content (AvgIpc) is 3.80. The summed E-state index contributed by atoms with van der Waals surface area (Å²) in [6, 6.07) is 12.5. The normalized spacial score (nSPS) is 22.8. The van der Waals surface area contributed by atoms with Gasteiger partial charge in [-0.1, -0.05) is 39.8 Å². The van der Waals surface area contributed by atoms with E-state index in [4.69, 9.17) is 14.6 Å². The molecular formula is C40H42N6O4S. The van der Waals surface area contributed by atoms with Gasteiger partial charge in [0.1, 0.15) is 0 Å². The lowest BCUT2D eigenvalue weighted by Gasteiger charge is -2.43. The number of anilines is 3. The van der Waals surface area contributed by atoms with Crippen LogP contribution in [0.15, 0.2) is 63.8 Å². The highest BCUT2D eigenvalue weighted by molar-refractivity contribution is 7.98. The van der Waals surface area contributed by atoms with Crippen LogP contribution in [0.4, 0.5) is 17.3 Å². The third-order valence-electron chi connectivity index (χ3n) is 11.2. The van der Waals surface area contributed by atoms with Crippen molar-refractivity contribution in [1.82, 2.24) is 20.4 Å². The lowest BCUT2D eigenvalue weighted by molar-refractivity contribution is -0.119. The fourth-order valence-electron chi connectivity index (χ4n) is 9.09. The second kappa shape index (κ2) is 11.1. The van der Waals surface area contributed by atoms with Gasteiger partial charge in [-0.3, -0.25) is 24.7 Å². The fourth-order valence-corrected chi connectivity index (χ4v) is 9.75. The first-order valence-corrected chi connectivity index (χ1v) is 18.8. The fraction of sp³-hybridized carbons (Fsp3) is 0.400. The quantitative estimate of drug-likeness (QED) is 0.180. The maximum absolute atomic E-state index is 14.4. The van der Waals surface area contributed by atoms with Crippen LogP contribution in [0, 0.1) is 24.7 Å². The molecule has 3 aliphatic heterocycles. The summed E-state index contributed by atoms with van der Waals surface area (Å²) in [5, 5.41) is 19.5. The van der Waals surface area contributed by atoms with Crippen LogP contribution < -0.4 is 19.7 Å². The van der Waals surface area contributed by atoms with Crippen LogP contribution in [0.2, 0.25) is 0 Å². The summed E-state index contributed by atoms with van der Waals surface area (Å²) >= 11 is 1.67. The molecule has 2 unspecified atom stereocenters. The smallest absolute Gasteiger partial charge is 0.231 e. The van der Waals surface area contributed by atoms with Crippen LogP contribution in [0.5, 0.6) is 11.5 Å². The third-order valence-corrected chi connectivity index (χ3v) is 12.0. The molecule has 9 rings (SSSR count). The standard InChI is InChI=1S/C40H42N6O4S/c1-19-31-34(35-24(41-37(31)44-42-19)14-39(3,4)16-26(35)47)23-10-9-22(13-30(23)51-7)46-25-15-40(5,6)17-27(48)36(25)33(32-20(2)43-45-38(32)46)21-8-11-28-29(12-21)50-18-49-28/h8-13,33-34H,14-18H2,1-7H3,(H,43,45)(H2,41,42,44). The zero-order valence-corrected chi connectivity index (χ0v) is 30.9. The van der Waals surface area contributed by atoms with Crippen LogP contribution in [-0.4, -0.2) is 45.0 Å². The Balaban J connectivity index is 1.22. The summed E-state index contributed by atoms with van der Waals surface area (Å²) < 4.78 is 11.4. The maximum Gasteiger partial charge on any atom is 0.231 e. The first-order chi connectivity index (χ1) is 24.3. The predicted molar refractivity (Wildman–Crippen MR) is 197 cm³/mol. The molecule has 2 aromatic carbocycles. The molecular weight excluding hydrogens is 661 g/mol. The monoisotopic (exact) mass is 702 g/mol. The predicted octanol–water partition coefficient (Wildman–Crippen LogP) is 8.33. The Morgan fingerprint density at radius 3 is 2.29 bits per heavy atom. The second-order valence-corrected chi connectivity index (χ2v) is 17.0. The van der Waals surface area contributed by atoms with Crippen LogP contribution in [0.3, 0.4) is 0 Å². The number of nitrogens with zero attached hydrogens (tertiary/aromatic N) is 3. The van der Waals surface area contributed by atoms with E-state index in [1.54, 1.807) is 11.8 Å². The topological polar surface area (TPSA) is 125 Å². The number of H-pyrrole nitrogens is 2. The number of aromatic amines is 2. The summed E-state index contributed by atoms with van der Waals surface area (Å²) in [4.78, 5) is 31.6. The average molecular weight is 703 g/mol. The molecule has 3 N–H and O–H groups in total. The molecule has 0 bridgehead atoms. The maximum atomic E-state index is 14.4. The molecule has 262 valence electrons. The molecule has 0 amide bonds. The molecule has 10 nitrogen and oxygen atoms in total. The Morgan fingerprint density at radius 1 is 0.804 bits per heavy atom. The van der Waals surface area contributed by atoms with Gasteiger partial charge in [0.25, 0.3) is 0 Å². The number of aryl methyl sites for hydroxylation is 2. The van der Waals surface area contributed by atoms with Gasteiger partial charge in [-0.25, -0.2) is 0 Å². The molecule has 0 fully saturated rings. The number of nitrogens with one attached hydrogen (secondary N) is 3. The van der Waals surface area contributed by atoms with Crippen molar-refractivity contribution in [2.24, 2.45) is 10.8 Å². The summed E-state index contributed by atoms with van der Waals surface area (Å²) in [7, 11) is 0.